The van der Waals surface area contributed by atoms with E-state index in [1.54, 1.807) is 7.11 Å². The van der Waals surface area contributed by atoms with Crippen LogP contribution in [0.5, 0.6) is 5.75 Å². The molecular formula is C19H30N2O3. The summed E-state index contributed by atoms with van der Waals surface area (Å²) in [4.78, 5) is 14.4. The van der Waals surface area contributed by atoms with E-state index < -0.39 is 0 Å². The van der Waals surface area contributed by atoms with Gasteiger partial charge in [0.15, 0.2) is 0 Å². The molecule has 0 aliphatic carbocycles. The van der Waals surface area contributed by atoms with Gasteiger partial charge in [-0.1, -0.05) is 19.1 Å². The Bertz CT molecular complexity index is 521. The maximum absolute atomic E-state index is 11.9. The van der Waals surface area contributed by atoms with Crippen molar-refractivity contribution >= 4 is 5.91 Å². The highest BCUT2D eigenvalue weighted by molar-refractivity contribution is 5.77. The number of rotatable bonds is 8. The number of carbonyl (C=O) groups is 1. The fraction of sp³-hybridized carbons (Fsp3) is 0.632. The molecule has 1 fully saturated rings. The molecular weight excluding hydrogens is 304 g/mol. The van der Waals surface area contributed by atoms with E-state index in [9.17, 15) is 4.79 Å². The second-order valence-corrected chi connectivity index (χ2v) is 6.74. The number of nitrogens with one attached hydrogen (secondary N) is 1. The fourth-order valence-electron chi connectivity index (χ4n) is 3.09. The lowest BCUT2D eigenvalue weighted by atomic mass is 9.99. The van der Waals surface area contributed by atoms with Crippen LogP contribution in [0, 0.1) is 5.92 Å². The summed E-state index contributed by atoms with van der Waals surface area (Å²) in [6, 6.07) is 8.05. The first-order valence-corrected chi connectivity index (χ1v) is 8.80. The summed E-state index contributed by atoms with van der Waals surface area (Å²) in [5.74, 6) is 1.49. The van der Waals surface area contributed by atoms with Crippen molar-refractivity contribution in [1.29, 1.82) is 0 Å². The summed E-state index contributed by atoms with van der Waals surface area (Å²) in [6.07, 6.45) is 2.57. The Kier molecular flexibility index (Phi) is 7.53. The molecule has 1 aliphatic rings. The van der Waals surface area contributed by atoms with E-state index in [0.29, 0.717) is 19.2 Å². The zero-order valence-electron chi connectivity index (χ0n) is 15.1. The number of ether oxygens (including phenoxy) is 2. The molecule has 1 aliphatic heterocycles. The first kappa shape index (κ1) is 18.7. The molecule has 5 heteroatoms. The summed E-state index contributed by atoms with van der Waals surface area (Å²) in [5, 5.41) is 2.97. The van der Waals surface area contributed by atoms with Crippen molar-refractivity contribution in [2.45, 2.75) is 39.3 Å². The molecule has 5 nitrogen and oxygen atoms in total. The maximum atomic E-state index is 11.9. The van der Waals surface area contributed by atoms with Crippen molar-refractivity contribution in [1.82, 2.24) is 10.2 Å². The van der Waals surface area contributed by atoms with Crippen LogP contribution in [0.1, 0.15) is 32.3 Å². The number of benzene rings is 1. The minimum Gasteiger partial charge on any atom is -0.497 e. The molecule has 1 amide bonds. The lowest BCUT2D eigenvalue weighted by Crippen LogP contribution is -2.46. The summed E-state index contributed by atoms with van der Waals surface area (Å²) >= 11 is 0. The van der Waals surface area contributed by atoms with Gasteiger partial charge in [0.2, 0.25) is 5.91 Å². The predicted octanol–water partition coefficient (Wildman–Crippen LogP) is 2.45. The number of hydrogen-bond acceptors (Lipinski definition) is 4. The Morgan fingerprint density at radius 3 is 3.04 bits per heavy atom. The molecule has 1 aromatic carbocycles. The van der Waals surface area contributed by atoms with Gasteiger partial charge in [-0.25, -0.2) is 0 Å². The zero-order chi connectivity index (χ0) is 17.4. The Labute approximate surface area is 145 Å². The van der Waals surface area contributed by atoms with Crippen molar-refractivity contribution in [3.8, 4) is 5.75 Å². The van der Waals surface area contributed by atoms with Gasteiger partial charge in [0.1, 0.15) is 12.4 Å². The second-order valence-electron chi connectivity index (χ2n) is 6.74. The molecule has 0 spiro atoms. The first-order chi connectivity index (χ1) is 11.6. The van der Waals surface area contributed by atoms with Gasteiger partial charge >= 0.3 is 0 Å². The van der Waals surface area contributed by atoms with Crippen molar-refractivity contribution in [2.75, 3.05) is 33.4 Å². The number of carbonyl (C=O) groups excluding carboxylic acids is 1. The predicted molar refractivity (Wildman–Crippen MR) is 95.1 cm³/mol. The molecule has 134 valence electrons. The monoisotopic (exact) mass is 334 g/mol. The van der Waals surface area contributed by atoms with Gasteiger partial charge in [-0.2, -0.15) is 0 Å². The van der Waals surface area contributed by atoms with E-state index in [4.69, 9.17) is 9.47 Å². The Morgan fingerprint density at radius 2 is 2.29 bits per heavy atom. The highest BCUT2D eigenvalue weighted by Crippen LogP contribution is 2.17. The Balaban J connectivity index is 1.64. The summed E-state index contributed by atoms with van der Waals surface area (Å²) in [6.45, 7) is 7.90. The van der Waals surface area contributed by atoms with Crippen LogP contribution in [0.4, 0.5) is 0 Å². The average molecular weight is 334 g/mol. The van der Waals surface area contributed by atoms with Crippen LogP contribution in [0.3, 0.4) is 0 Å². The molecule has 1 heterocycles. The third-order valence-electron chi connectivity index (χ3n) is 4.54. The van der Waals surface area contributed by atoms with Gasteiger partial charge in [0.05, 0.1) is 13.7 Å². The smallest absolute Gasteiger partial charge is 0.246 e. The molecule has 24 heavy (non-hydrogen) atoms. The highest BCUT2D eigenvalue weighted by atomic mass is 16.5. The summed E-state index contributed by atoms with van der Waals surface area (Å²) in [5.41, 5.74) is 0.998. The fourth-order valence-corrected chi connectivity index (χ4v) is 3.09. The van der Waals surface area contributed by atoms with Crippen LogP contribution in [0.2, 0.25) is 0 Å². The summed E-state index contributed by atoms with van der Waals surface area (Å²) in [7, 11) is 1.64. The molecule has 1 aromatic rings. The van der Waals surface area contributed by atoms with E-state index >= 15 is 0 Å². The molecule has 2 atom stereocenters. The van der Waals surface area contributed by atoms with Crippen LogP contribution in [-0.4, -0.2) is 50.2 Å². The molecule has 0 saturated carbocycles. The van der Waals surface area contributed by atoms with Crippen LogP contribution in [0.25, 0.3) is 0 Å². The maximum Gasteiger partial charge on any atom is 0.246 e. The van der Waals surface area contributed by atoms with Gasteiger partial charge in [0, 0.05) is 19.1 Å². The third-order valence-corrected chi connectivity index (χ3v) is 4.54. The van der Waals surface area contributed by atoms with E-state index in [1.165, 1.54) is 12.8 Å². The zero-order valence-corrected chi connectivity index (χ0v) is 15.1. The van der Waals surface area contributed by atoms with Crippen LogP contribution < -0.4 is 10.1 Å². The van der Waals surface area contributed by atoms with Crippen LogP contribution in [-0.2, 0) is 16.1 Å². The molecule has 1 saturated heterocycles. The lowest BCUT2D eigenvalue weighted by molar-refractivity contribution is -0.126. The minimum atomic E-state index is -0.0604. The highest BCUT2D eigenvalue weighted by Gasteiger charge is 2.21. The van der Waals surface area contributed by atoms with Crippen molar-refractivity contribution < 1.29 is 14.3 Å². The molecule has 0 aromatic heterocycles. The SMILES string of the molecule is COc1cccc(COCC(=O)NC[C@@H](C)N2CCC[C@H](C)C2)c1. The lowest BCUT2D eigenvalue weighted by Gasteiger charge is -2.35. The van der Waals surface area contributed by atoms with Crippen molar-refractivity contribution in [2.24, 2.45) is 5.92 Å². The van der Waals surface area contributed by atoms with E-state index in [2.05, 4.69) is 24.1 Å². The Morgan fingerprint density at radius 1 is 1.46 bits per heavy atom. The number of likely N-dealkylation sites (tertiary alicyclic amines) is 1. The molecule has 2 rings (SSSR count). The molecule has 0 unspecified atom stereocenters. The number of piperidine rings is 1. The second kappa shape index (κ2) is 9.64. The Hall–Kier alpha value is -1.59. The van der Waals surface area contributed by atoms with E-state index in [0.717, 1.165) is 30.3 Å². The van der Waals surface area contributed by atoms with E-state index in [-0.39, 0.29) is 12.5 Å². The minimum absolute atomic E-state index is 0.0604. The van der Waals surface area contributed by atoms with Crippen molar-refractivity contribution in [3.63, 3.8) is 0 Å². The molecule has 0 radical (unpaired) electrons. The van der Waals surface area contributed by atoms with Crippen LogP contribution in [0.15, 0.2) is 24.3 Å². The first-order valence-electron chi connectivity index (χ1n) is 8.80. The standard InChI is InChI=1S/C19H30N2O3/c1-15-6-5-9-21(12-15)16(2)11-20-19(22)14-24-13-17-7-4-8-18(10-17)23-3/h4,7-8,10,15-16H,5-6,9,11-14H2,1-3H3,(H,20,22)/t15-,16+/m0/s1. The van der Waals surface area contributed by atoms with Crippen LogP contribution >= 0.6 is 0 Å². The van der Waals surface area contributed by atoms with Crippen molar-refractivity contribution in [3.05, 3.63) is 29.8 Å². The van der Waals surface area contributed by atoms with Gasteiger partial charge in [-0.3, -0.25) is 9.69 Å². The molecule has 1 N–H and O–H groups in total. The third kappa shape index (κ3) is 6.13. The number of hydrogen-bond donors (Lipinski definition) is 1. The number of nitrogens with zero attached hydrogens (tertiary/aromatic N) is 1. The topological polar surface area (TPSA) is 50.8 Å². The van der Waals surface area contributed by atoms with Gasteiger partial charge in [0.25, 0.3) is 0 Å². The van der Waals surface area contributed by atoms with Gasteiger partial charge < -0.3 is 14.8 Å². The summed E-state index contributed by atoms with van der Waals surface area (Å²) < 4.78 is 10.7. The largest absolute Gasteiger partial charge is 0.497 e. The van der Waals surface area contributed by atoms with E-state index in [1.807, 2.05) is 24.3 Å². The molecule has 0 bridgehead atoms. The number of amides is 1. The quantitative estimate of drug-likeness (QED) is 0.793. The number of methoxy groups -OCH3 is 1. The van der Waals surface area contributed by atoms with Gasteiger partial charge in [-0.15, -0.1) is 0 Å². The average Bonchev–Trinajstić information content (AvgIpc) is 2.60. The van der Waals surface area contributed by atoms with Gasteiger partial charge in [-0.05, 0) is 49.9 Å². The normalized spacial score (nSPS) is 19.7.